The number of benzene rings is 2. The number of nitrogens with zero attached hydrogens (tertiary/aromatic N) is 4. The molecule has 2 heterocycles. The second-order valence-corrected chi connectivity index (χ2v) is 9.18. The second-order valence-electron chi connectivity index (χ2n) is 6.88. The molecule has 148 valence electrons. The lowest BCUT2D eigenvalue weighted by Crippen LogP contribution is -2.48. The Morgan fingerprint density at radius 2 is 1.68 bits per heavy atom. The van der Waals surface area contributed by atoms with Gasteiger partial charge in [-0.15, -0.1) is 0 Å². The predicted molar refractivity (Wildman–Crippen MR) is 108 cm³/mol. The third-order valence-corrected chi connectivity index (χ3v) is 7.55. The van der Waals surface area contributed by atoms with Crippen LogP contribution in [0.5, 0.6) is 0 Å². The highest BCUT2D eigenvalue weighted by atomic mass is 32.2. The van der Waals surface area contributed by atoms with E-state index in [9.17, 15) is 12.8 Å². The van der Waals surface area contributed by atoms with Crippen LogP contribution >= 0.6 is 12.2 Å². The molecule has 0 spiro atoms. The van der Waals surface area contributed by atoms with Gasteiger partial charge in [-0.05, 0) is 42.5 Å². The summed E-state index contributed by atoms with van der Waals surface area (Å²) in [6, 6.07) is 13.2. The predicted octanol–water partition coefficient (Wildman–Crippen LogP) is 2.81. The van der Waals surface area contributed by atoms with Crippen LogP contribution in [0.2, 0.25) is 0 Å². The van der Waals surface area contributed by atoms with Crippen molar-refractivity contribution in [2.45, 2.75) is 11.6 Å². The number of halogens is 1. The zero-order chi connectivity index (χ0) is 19.9. The lowest BCUT2D eigenvalue weighted by molar-refractivity contribution is 0.153. The smallest absolute Gasteiger partial charge is 0.243 e. The topological polar surface area (TPSA) is 50.5 Å². The maximum Gasteiger partial charge on any atom is 0.243 e. The Morgan fingerprint density at radius 3 is 2.36 bits per heavy atom. The summed E-state index contributed by atoms with van der Waals surface area (Å²) < 4.78 is 45.1. The van der Waals surface area contributed by atoms with E-state index in [1.54, 1.807) is 0 Å². The van der Waals surface area contributed by atoms with Gasteiger partial charge in [0.05, 0.1) is 22.6 Å². The van der Waals surface area contributed by atoms with Gasteiger partial charge in [-0.25, -0.2) is 12.8 Å². The van der Waals surface area contributed by atoms with Crippen molar-refractivity contribution in [1.29, 1.82) is 0 Å². The summed E-state index contributed by atoms with van der Waals surface area (Å²) in [6.45, 7) is 2.49. The zero-order valence-corrected chi connectivity index (χ0v) is 17.1. The van der Waals surface area contributed by atoms with E-state index in [2.05, 4.69) is 9.47 Å². The Balaban J connectivity index is 1.50. The molecule has 0 unspecified atom stereocenters. The minimum Gasteiger partial charge on any atom is -0.320 e. The number of piperazine rings is 1. The molecule has 2 aromatic carbocycles. The first-order chi connectivity index (χ1) is 13.4. The molecule has 0 N–H and O–H groups in total. The first-order valence-corrected chi connectivity index (χ1v) is 10.8. The van der Waals surface area contributed by atoms with Crippen molar-refractivity contribution < 1.29 is 12.8 Å². The summed E-state index contributed by atoms with van der Waals surface area (Å²) in [6.07, 6.45) is 0. The molecule has 1 saturated heterocycles. The molecular formula is C19H21FN4O2S2. The number of fused-ring (bicyclic) bond motifs is 1. The van der Waals surface area contributed by atoms with Crippen LogP contribution in [0.25, 0.3) is 11.0 Å². The molecule has 1 aromatic heterocycles. The molecule has 1 aliphatic rings. The van der Waals surface area contributed by atoms with Gasteiger partial charge in [0.1, 0.15) is 5.82 Å². The maximum atomic E-state index is 13.4. The SMILES string of the molecule is Cn1c(=S)n(CN2CCN(S(=O)(=O)c3cccc(F)c3)CC2)c2ccccc21. The number of para-hydroxylation sites is 2. The fourth-order valence-corrected chi connectivity index (χ4v) is 5.30. The largest absolute Gasteiger partial charge is 0.320 e. The average Bonchev–Trinajstić information content (AvgIpc) is 2.94. The molecule has 6 nitrogen and oxygen atoms in total. The summed E-state index contributed by atoms with van der Waals surface area (Å²) in [5.41, 5.74) is 2.13. The van der Waals surface area contributed by atoms with Crippen molar-refractivity contribution in [3.8, 4) is 0 Å². The molecule has 4 rings (SSSR count). The van der Waals surface area contributed by atoms with Gasteiger partial charge in [0, 0.05) is 33.2 Å². The Labute approximate surface area is 168 Å². The Bertz CT molecular complexity index is 1180. The Hall–Kier alpha value is -2.07. The van der Waals surface area contributed by atoms with Crippen molar-refractivity contribution in [1.82, 2.24) is 18.3 Å². The highest BCUT2D eigenvalue weighted by Crippen LogP contribution is 2.20. The van der Waals surface area contributed by atoms with Crippen LogP contribution in [0.4, 0.5) is 4.39 Å². The number of aryl methyl sites for hydroxylation is 1. The summed E-state index contributed by atoms with van der Waals surface area (Å²) in [5, 5.41) is 0. The fraction of sp³-hybridized carbons (Fsp3) is 0.316. The van der Waals surface area contributed by atoms with Crippen LogP contribution in [0.15, 0.2) is 53.4 Å². The summed E-state index contributed by atoms with van der Waals surface area (Å²) in [4.78, 5) is 2.18. The van der Waals surface area contributed by atoms with E-state index in [4.69, 9.17) is 12.2 Å². The Morgan fingerprint density at radius 1 is 1.00 bits per heavy atom. The molecule has 0 amide bonds. The molecule has 0 radical (unpaired) electrons. The molecular weight excluding hydrogens is 399 g/mol. The first-order valence-electron chi connectivity index (χ1n) is 9.00. The molecule has 28 heavy (non-hydrogen) atoms. The van der Waals surface area contributed by atoms with Crippen molar-refractivity contribution in [2.24, 2.45) is 7.05 Å². The van der Waals surface area contributed by atoms with E-state index in [-0.39, 0.29) is 4.90 Å². The van der Waals surface area contributed by atoms with E-state index >= 15 is 0 Å². The van der Waals surface area contributed by atoms with Gasteiger partial charge in [-0.3, -0.25) is 4.90 Å². The lowest BCUT2D eigenvalue weighted by atomic mass is 10.3. The Kier molecular flexibility index (Phi) is 5.09. The zero-order valence-electron chi connectivity index (χ0n) is 15.5. The van der Waals surface area contributed by atoms with Gasteiger partial charge in [0.2, 0.25) is 10.0 Å². The van der Waals surface area contributed by atoms with E-state index in [0.29, 0.717) is 32.8 Å². The number of rotatable bonds is 4. The van der Waals surface area contributed by atoms with Gasteiger partial charge in [-0.2, -0.15) is 4.31 Å². The molecule has 0 atom stereocenters. The number of hydrogen-bond donors (Lipinski definition) is 0. The van der Waals surface area contributed by atoms with Crippen LogP contribution < -0.4 is 0 Å². The molecule has 0 bridgehead atoms. The van der Waals surface area contributed by atoms with Gasteiger partial charge in [0.25, 0.3) is 0 Å². The van der Waals surface area contributed by atoms with Crippen molar-refractivity contribution in [2.75, 3.05) is 26.2 Å². The third-order valence-electron chi connectivity index (χ3n) is 5.16. The van der Waals surface area contributed by atoms with Crippen LogP contribution in [-0.2, 0) is 23.7 Å². The number of aromatic nitrogens is 2. The quantitative estimate of drug-likeness (QED) is 0.609. The average molecular weight is 421 g/mol. The lowest BCUT2D eigenvalue weighted by Gasteiger charge is -2.34. The minimum atomic E-state index is -3.68. The van der Waals surface area contributed by atoms with Crippen molar-refractivity contribution >= 4 is 33.3 Å². The molecule has 3 aromatic rings. The van der Waals surface area contributed by atoms with Gasteiger partial charge in [-0.1, -0.05) is 18.2 Å². The molecule has 9 heteroatoms. The maximum absolute atomic E-state index is 13.4. The number of hydrogen-bond acceptors (Lipinski definition) is 4. The first kappa shape index (κ1) is 19.3. The standard InChI is InChI=1S/C19H21FN4O2S2/c1-21-17-7-2-3-8-18(17)24(19(21)27)14-22-9-11-23(12-10-22)28(25,26)16-6-4-5-15(20)13-16/h2-8,13H,9-12,14H2,1H3. The summed E-state index contributed by atoms with van der Waals surface area (Å²) in [7, 11) is -1.74. The molecule has 1 fully saturated rings. The van der Waals surface area contributed by atoms with E-state index in [1.165, 1.54) is 22.5 Å². The van der Waals surface area contributed by atoms with Gasteiger partial charge in [0.15, 0.2) is 4.77 Å². The summed E-state index contributed by atoms with van der Waals surface area (Å²) >= 11 is 5.58. The van der Waals surface area contributed by atoms with E-state index < -0.39 is 15.8 Å². The summed E-state index contributed by atoms with van der Waals surface area (Å²) in [5.74, 6) is -0.551. The van der Waals surface area contributed by atoms with Crippen LogP contribution in [-0.4, -0.2) is 52.9 Å². The van der Waals surface area contributed by atoms with Crippen LogP contribution in [0.1, 0.15) is 0 Å². The monoisotopic (exact) mass is 420 g/mol. The second kappa shape index (κ2) is 7.40. The highest BCUT2D eigenvalue weighted by Gasteiger charge is 2.29. The van der Waals surface area contributed by atoms with Crippen molar-refractivity contribution in [3.63, 3.8) is 0 Å². The highest BCUT2D eigenvalue weighted by molar-refractivity contribution is 7.89. The van der Waals surface area contributed by atoms with E-state index in [0.717, 1.165) is 21.9 Å². The third kappa shape index (κ3) is 3.39. The van der Waals surface area contributed by atoms with Crippen molar-refractivity contribution in [3.05, 3.63) is 59.1 Å². The minimum absolute atomic E-state index is 0.00257. The van der Waals surface area contributed by atoms with Gasteiger partial charge >= 0.3 is 0 Å². The molecule has 0 aliphatic carbocycles. The number of sulfonamides is 1. The van der Waals surface area contributed by atoms with Gasteiger partial charge < -0.3 is 9.13 Å². The van der Waals surface area contributed by atoms with E-state index in [1.807, 2.05) is 35.9 Å². The molecule has 1 aliphatic heterocycles. The fourth-order valence-electron chi connectivity index (χ4n) is 3.59. The molecule has 0 saturated carbocycles. The normalized spacial score (nSPS) is 16.6. The van der Waals surface area contributed by atoms with Crippen LogP contribution in [0, 0.1) is 10.6 Å². The van der Waals surface area contributed by atoms with Crippen LogP contribution in [0.3, 0.4) is 0 Å². The number of imidazole rings is 1.